The van der Waals surface area contributed by atoms with Crippen molar-refractivity contribution in [3.8, 4) is 5.95 Å². The largest absolute Gasteiger partial charge is 0.395 e. The van der Waals surface area contributed by atoms with Crippen molar-refractivity contribution in [3.05, 3.63) is 18.5 Å². The second-order valence-corrected chi connectivity index (χ2v) is 4.06. The van der Waals surface area contributed by atoms with Gasteiger partial charge < -0.3 is 10.0 Å². The molecule has 0 fully saturated rings. The molecule has 108 valence electrons. The number of hydrogen-bond donors (Lipinski definition) is 3. The lowest BCUT2D eigenvalue weighted by molar-refractivity contribution is 0.301. The fourth-order valence-corrected chi connectivity index (χ4v) is 1.75. The number of nitrogens with zero attached hydrogens (tertiary/aromatic N) is 6. The number of hydrogen-bond acceptors (Lipinski definition) is 8. The van der Waals surface area contributed by atoms with E-state index in [1.54, 1.807) is 18.5 Å². The van der Waals surface area contributed by atoms with Crippen LogP contribution in [0.15, 0.2) is 18.5 Å². The molecule has 0 saturated carbocycles. The van der Waals surface area contributed by atoms with Gasteiger partial charge in [0.25, 0.3) is 5.95 Å². The zero-order valence-electron chi connectivity index (χ0n) is 11.3. The molecule has 9 heteroatoms. The van der Waals surface area contributed by atoms with E-state index in [1.165, 1.54) is 4.68 Å². The number of aliphatic hydroxyl groups excluding tert-OH is 1. The summed E-state index contributed by atoms with van der Waals surface area (Å²) in [6.45, 7) is 3.24. The van der Waals surface area contributed by atoms with Crippen LogP contribution in [-0.2, 0) is 0 Å². The number of anilines is 2. The maximum Gasteiger partial charge on any atom is 0.257 e. The number of nitrogens with two attached hydrogens (primary N) is 1. The maximum atomic E-state index is 9.13. The molecule has 0 aliphatic rings. The minimum Gasteiger partial charge on any atom is -0.395 e. The molecule has 0 spiro atoms. The molecule has 2 rings (SSSR count). The number of nitrogens with one attached hydrogen (secondary N) is 1. The number of hydrazine groups is 1. The highest BCUT2D eigenvalue weighted by atomic mass is 16.3. The minimum absolute atomic E-state index is 0.0220. The Labute approximate surface area is 116 Å². The van der Waals surface area contributed by atoms with Crippen LogP contribution < -0.4 is 16.2 Å². The summed E-state index contributed by atoms with van der Waals surface area (Å²) in [6, 6.07) is 1.77. The Morgan fingerprint density at radius 3 is 2.80 bits per heavy atom. The Balaban J connectivity index is 2.38. The van der Waals surface area contributed by atoms with Crippen LogP contribution in [0.25, 0.3) is 5.95 Å². The first-order valence-electron chi connectivity index (χ1n) is 6.37. The van der Waals surface area contributed by atoms with Gasteiger partial charge in [-0.25, -0.2) is 10.5 Å². The zero-order valence-corrected chi connectivity index (χ0v) is 11.3. The highest BCUT2D eigenvalue weighted by Crippen LogP contribution is 2.12. The maximum absolute atomic E-state index is 9.13. The fraction of sp³-hybridized carbons (Fsp3) is 0.455. The minimum atomic E-state index is 0.0220. The summed E-state index contributed by atoms with van der Waals surface area (Å²) in [5.41, 5.74) is 2.42. The van der Waals surface area contributed by atoms with E-state index in [4.69, 9.17) is 10.9 Å². The topological polar surface area (TPSA) is 118 Å². The molecule has 0 aliphatic carbocycles. The summed E-state index contributed by atoms with van der Waals surface area (Å²) in [6.07, 6.45) is 4.28. The summed E-state index contributed by atoms with van der Waals surface area (Å²) in [4.78, 5) is 14.6. The van der Waals surface area contributed by atoms with Gasteiger partial charge in [0.2, 0.25) is 11.9 Å². The van der Waals surface area contributed by atoms with Crippen LogP contribution in [0.3, 0.4) is 0 Å². The molecule has 0 aliphatic heterocycles. The van der Waals surface area contributed by atoms with E-state index in [0.717, 1.165) is 13.0 Å². The molecule has 0 atom stereocenters. The Morgan fingerprint density at radius 1 is 1.35 bits per heavy atom. The molecule has 0 unspecified atom stereocenters. The molecule has 20 heavy (non-hydrogen) atoms. The van der Waals surface area contributed by atoms with E-state index >= 15 is 0 Å². The van der Waals surface area contributed by atoms with E-state index in [0.29, 0.717) is 18.4 Å². The second-order valence-electron chi connectivity index (χ2n) is 4.06. The van der Waals surface area contributed by atoms with Crippen molar-refractivity contribution in [2.24, 2.45) is 5.84 Å². The standard InChI is InChI=1S/C11H18N8O/c1-2-5-18(7-8-20)10-14-9(17-12)15-11(16-10)19-6-3-4-13-19/h3-4,6,20H,2,5,7-8,12H2,1H3,(H,14,15,16,17). The third-order valence-electron chi connectivity index (χ3n) is 2.60. The molecule has 0 saturated heterocycles. The molecule has 2 aromatic heterocycles. The Morgan fingerprint density at radius 2 is 2.20 bits per heavy atom. The van der Waals surface area contributed by atoms with Crippen molar-refractivity contribution < 1.29 is 5.11 Å². The van der Waals surface area contributed by atoms with Gasteiger partial charge in [-0.2, -0.15) is 20.1 Å². The van der Waals surface area contributed by atoms with Crippen molar-refractivity contribution >= 4 is 11.9 Å². The highest BCUT2D eigenvalue weighted by Gasteiger charge is 2.13. The van der Waals surface area contributed by atoms with E-state index in [9.17, 15) is 0 Å². The summed E-state index contributed by atoms with van der Waals surface area (Å²) in [5, 5.41) is 13.2. The second kappa shape index (κ2) is 6.78. The number of nitrogen functional groups attached to an aromatic ring is 1. The Hall–Kier alpha value is -2.26. The predicted octanol–water partition coefficient (Wildman–Crippen LogP) is -0.448. The van der Waals surface area contributed by atoms with Crippen molar-refractivity contribution in [1.82, 2.24) is 24.7 Å². The predicted molar refractivity (Wildman–Crippen MR) is 74.3 cm³/mol. The van der Waals surface area contributed by atoms with Crippen LogP contribution >= 0.6 is 0 Å². The van der Waals surface area contributed by atoms with Crippen molar-refractivity contribution in [3.63, 3.8) is 0 Å². The van der Waals surface area contributed by atoms with Crippen LogP contribution in [0.5, 0.6) is 0 Å². The third-order valence-corrected chi connectivity index (χ3v) is 2.60. The molecule has 0 aromatic carbocycles. The smallest absolute Gasteiger partial charge is 0.257 e. The summed E-state index contributed by atoms with van der Waals surface area (Å²) in [5.74, 6) is 6.46. The van der Waals surface area contributed by atoms with Crippen LogP contribution in [0.1, 0.15) is 13.3 Å². The third kappa shape index (κ3) is 3.19. The average molecular weight is 278 g/mol. The fourth-order valence-electron chi connectivity index (χ4n) is 1.75. The summed E-state index contributed by atoms with van der Waals surface area (Å²) < 4.78 is 1.52. The molecule has 2 aromatic rings. The lowest BCUT2D eigenvalue weighted by atomic mass is 10.4. The van der Waals surface area contributed by atoms with Crippen LogP contribution in [0.2, 0.25) is 0 Å². The van der Waals surface area contributed by atoms with E-state index in [2.05, 4.69) is 25.5 Å². The van der Waals surface area contributed by atoms with Gasteiger partial charge in [-0.15, -0.1) is 0 Å². The molecule has 0 amide bonds. The monoisotopic (exact) mass is 278 g/mol. The average Bonchev–Trinajstić information content (AvgIpc) is 3.01. The molecular formula is C11H18N8O. The van der Waals surface area contributed by atoms with Gasteiger partial charge in [-0.05, 0) is 12.5 Å². The van der Waals surface area contributed by atoms with Crippen molar-refractivity contribution in [2.75, 3.05) is 30.0 Å². The number of aliphatic hydroxyl groups is 1. The Kier molecular flexibility index (Phi) is 4.80. The normalized spacial score (nSPS) is 10.6. The van der Waals surface area contributed by atoms with Gasteiger partial charge in [0.15, 0.2) is 0 Å². The molecule has 2 heterocycles. The van der Waals surface area contributed by atoms with E-state index in [-0.39, 0.29) is 12.6 Å². The summed E-state index contributed by atoms with van der Waals surface area (Å²) >= 11 is 0. The molecular weight excluding hydrogens is 260 g/mol. The first-order valence-corrected chi connectivity index (χ1v) is 6.37. The number of aromatic nitrogens is 5. The van der Waals surface area contributed by atoms with Crippen molar-refractivity contribution in [1.29, 1.82) is 0 Å². The zero-order chi connectivity index (χ0) is 14.4. The quantitative estimate of drug-likeness (QED) is 0.460. The van der Waals surface area contributed by atoms with Gasteiger partial charge in [0.1, 0.15) is 0 Å². The van der Waals surface area contributed by atoms with Gasteiger partial charge >= 0.3 is 0 Å². The Bertz CT molecular complexity index is 523. The molecule has 0 bridgehead atoms. The molecule has 9 nitrogen and oxygen atoms in total. The lowest BCUT2D eigenvalue weighted by Crippen LogP contribution is -2.30. The summed E-state index contributed by atoms with van der Waals surface area (Å²) in [7, 11) is 0. The van der Waals surface area contributed by atoms with E-state index < -0.39 is 0 Å². The van der Waals surface area contributed by atoms with Crippen LogP contribution in [-0.4, -0.2) is 49.5 Å². The van der Waals surface area contributed by atoms with Gasteiger partial charge in [-0.1, -0.05) is 6.92 Å². The van der Waals surface area contributed by atoms with Crippen LogP contribution in [0, 0.1) is 0 Å². The van der Waals surface area contributed by atoms with E-state index in [1.807, 2.05) is 11.8 Å². The number of rotatable bonds is 7. The van der Waals surface area contributed by atoms with Gasteiger partial charge in [0.05, 0.1) is 6.61 Å². The van der Waals surface area contributed by atoms with Crippen LogP contribution in [0.4, 0.5) is 11.9 Å². The first kappa shape index (κ1) is 14.2. The molecule has 4 N–H and O–H groups in total. The van der Waals surface area contributed by atoms with Crippen molar-refractivity contribution in [2.45, 2.75) is 13.3 Å². The molecule has 0 radical (unpaired) electrons. The lowest BCUT2D eigenvalue weighted by Gasteiger charge is -2.21. The van der Waals surface area contributed by atoms with Gasteiger partial charge in [-0.3, -0.25) is 5.43 Å². The SMILES string of the molecule is CCCN(CCO)c1nc(NN)nc(-n2cccn2)n1. The first-order chi connectivity index (χ1) is 9.78. The highest BCUT2D eigenvalue weighted by molar-refractivity contribution is 5.39. The van der Waals surface area contributed by atoms with Gasteiger partial charge in [0, 0.05) is 25.5 Å².